The third kappa shape index (κ3) is 8.94. The molecule has 8 heterocycles. The Morgan fingerprint density at radius 2 is 1.88 bits per heavy atom. The zero-order valence-corrected chi connectivity index (χ0v) is 35.9. The molecule has 10 rings (SSSR count). The van der Waals surface area contributed by atoms with Crippen molar-refractivity contribution in [3.05, 3.63) is 65.4 Å². The van der Waals surface area contributed by atoms with Crippen molar-refractivity contribution in [1.82, 2.24) is 44.4 Å². The number of nitrogens with zero attached hydrogens (tertiary/aromatic N) is 9. The number of carbonyl (C=O) groups excluding carboxylic acids is 3. The van der Waals surface area contributed by atoms with Gasteiger partial charge in [-0.3, -0.25) is 34.0 Å². The number of anilines is 2. The third-order valence-electron chi connectivity index (χ3n) is 13.3. The van der Waals surface area contributed by atoms with Crippen molar-refractivity contribution in [2.24, 2.45) is 13.0 Å². The Morgan fingerprint density at radius 3 is 2.63 bits per heavy atom. The summed E-state index contributed by atoms with van der Waals surface area (Å²) in [6, 6.07) is 7.30. The van der Waals surface area contributed by atoms with E-state index >= 15 is 4.39 Å². The number of piperidine rings is 2. The molecule has 0 radical (unpaired) electrons. The molecule has 1 unspecified atom stereocenters. The molecule has 1 saturated carbocycles. The van der Waals surface area contributed by atoms with Crippen LogP contribution in [0.15, 0.2) is 42.9 Å². The summed E-state index contributed by atoms with van der Waals surface area (Å²) in [7, 11) is 1.79. The SMILES string of the molecule is Cn1nc(C2CCC(=O)NC2=O)c2cccc(C#CCO[C@H]3CCN(C[C@H]4CC[C@H](n5cc(NC(=O)c6cnn7ccc(N8CC(OC9COC9)C8)nc67)c(C(F)F)n5)CC4)C[C@H]3F)c21. The lowest BCUT2D eigenvalue weighted by atomic mass is 9.85. The van der Waals surface area contributed by atoms with E-state index in [4.69, 9.17) is 14.2 Å². The van der Waals surface area contributed by atoms with Crippen LogP contribution < -0.4 is 15.5 Å². The van der Waals surface area contributed by atoms with E-state index in [0.29, 0.717) is 87.2 Å². The Balaban J connectivity index is 0.695. The molecule has 5 aromatic rings. The van der Waals surface area contributed by atoms with Crippen molar-refractivity contribution in [2.45, 2.75) is 87.8 Å². The fraction of sp³-hybridized carbons (Fsp3) is 0.533. The maximum Gasteiger partial charge on any atom is 0.284 e. The van der Waals surface area contributed by atoms with Crippen molar-refractivity contribution in [3.8, 4) is 11.8 Å². The van der Waals surface area contributed by atoms with Gasteiger partial charge in [0.2, 0.25) is 11.8 Å². The second kappa shape index (κ2) is 18.2. The van der Waals surface area contributed by atoms with Gasteiger partial charge >= 0.3 is 0 Å². The van der Waals surface area contributed by atoms with Gasteiger partial charge in [-0.15, -0.1) is 0 Å². The fourth-order valence-electron chi connectivity index (χ4n) is 9.73. The van der Waals surface area contributed by atoms with Gasteiger partial charge in [0.15, 0.2) is 11.3 Å². The predicted molar refractivity (Wildman–Crippen MR) is 229 cm³/mol. The summed E-state index contributed by atoms with van der Waals surface area (Å²) in [4.78, 5) is 46.6. The van der Waals surface area contributed by atoms with Crippen molar-refractivity contribution >= 4 is 45.8 Å². The fourth-order valence-corrected chi connectivity index (χ4v) is 9.73. The maximum absolute atomic E-state index is 15.5. The van der Waals surface area contributed by atoms with Crippen molar-refractivity contribution in [3.63, 3.8) is 0 Å². The van der Waals surface area contributed by atoms with Crippen LogP contribution in [0, 0.1) is 17.8 Å². The molecule has 5 fully saturated rings. The van der Waals surface area contributed by atoms with E-state index in [2.05, 4.69) is 47.7 Å². The Hall–Kier alpha value is -5.88. The number of hydrogen-bond donors (Lipinski definition) is 2. The van der Waals surface area contributed by atoms with Crippen LogP contribution in [0.2, 0.25) is 0 Å². The second-order valence-electron chi connectivity index (χ2n) is 17.7. The van der Waals surface area contributed by atoms with Gasteiger partial charge in [-0.1, -0.05) is 24.0 Å². The number of para-hydroxylation sites is 1. The highest BCUT2D eigenvalue weighted by atomic mass is 19.3. The van der Waals surface area contributed by atoms with Crippen LogP contribution in [0.4, 0.5) is 24.7 Å². The predicted octanol–water partition coefficient (Wildman–Crippen LogP) is 4.34. The van der Waals surface area contributed by atoms with E-state index in [0.717, 1.165) is 30.3 Å². The largest absolute Gasteiger partial charge is 0.376 e. The first-order chi connectivity index (χ1) is 31.5. The summed E-state index contributed by atoms with van der Waals surface area (Å²) < 4.78 is 65.9. The number of hydrogen-bond acceptors (Lipinski definition) is 12. The van der Waals surface area contributed by atoms with Crippen LogP contribution in [0.25, 0.3) is 16.6 Å². The van der Waals surface area contributed by atoms with Crippen LogP contribution in [0.3, 0.4) is 0 Å². The highest BCUT2D eigenvalue weighted by Crippen LogP contribution is 2.36. The molecule has 0 spiro atoms. The van der Waals surface area contributed by atoms with E-state index in [-0.39, 0.29) is 60.9 Å². The monoisotopic (exact) mass is 897 g/mol. The smallest absolute Gasteiger partial charge is 0.284 e. The van der Waals surface area contributed by atoms with Gasteiger partial charge in [0.25, 0.3) is 12.3 Å². The summed E-state index contributed by atoms with van der Waals surface area (Å²) in [5.74, 6) is 5.40. The summed E-state index contributed by atoms with van der Waals surface area (Å²) in [5, 5.41) is 19.0. The molecule has 20 heteroatoms. The van der Waals surface area contributed by atoms with Crippen molar-refractivity contribution < 1.29 is 41.8 Å². The minimum absolute atomic E-state index is 0.0539. The number of benzene rings is 1. The van der Waals surface area contributed by atoms with Crippen molar-refractivity contribution in [1.29, 1.82) is 0 Å². The first-order valence-corrected chi connectivity index (χ1v) is 22.3. The number of alkyl halides is 3. The topological polar surface area (TPSA) is 175 Å². The molecule has 4 saturated heterocycles. The summed E-state index contributed by atoms with van der Waals surface area (Å²) in [6.45, 7) is 4.26. The summed E-state index contributed by atoms with van der Waals surface area (Å²) in [6.07, 6.45) is 4.39. The maximum atomic E-state index is 15.5. The minimum atomic E-state index is -2.90. The zero-order chi connectivity index (χ0) is 44.8. The van der Waals surface area contributed by atoms with E-state index in [1.165, 1.54) is 16.9 Å². The molecule has 1 aromatic carbocycles. The number of aromatic nitrogens is 7. The first kappa shape index (κ1) is 43.0. The number of aryl methyl sites for hydroxylation is 1. The molecule has 3 amide bonds. The molecule has 17 nitrogen and oxygen atoms in total. The Kier molecular flexibility index (Phi) is 12.0. The molecule has 65 heavy (non-hydrogen) atoms. The van der Waals surface area contributed by atoms with Crippen molar-refractivity contribution in [2.75, 3.05) is 62.8 Å². The van der Waals surface area contributed by atoms with Crippen LogP contribution >= 0.6 is 0 Å². The average Bonchev–Trinajstić information content (AvgIpc) is 3.98. The molecule has 5 aliphatic rings. The van der Waals surface area contributed by atoms with Gasteiger partial charge < -0.3 is 24.4 Å². The molecular formula is C45H50F3N11O6. The van der Waals surface area contributed by atoms with Crippen LogP contribution in [-0.4, -0.2) is 134 Å². The van der Waals surface area contributed by atoms with E-state index in [9.17, 15) is 23.2 Å². The lowest BCUT2D eigenvalue weighted by molar-refractivity contribution is -0.158. The lowest BCUT2D eigenvalue weighted by Crippen LogP contribution is -2.56. The molecule has 4 aromatic heterocycles. The molecule has 4 aliphatic heterocycles. The molecular weight excluding hydrogens is 848 g/mol. The summed E-state index contributed by atoms with van der Waals surface area (Å²) in [5.41, 5.74) is 2.01. The standard InChI is InChI=1S/C45H50F3N11O6/c1-55-41-27(4-2-6-31(41)39(53-55)32-11-12-38(60)52-44(32)61)5-3-17-64-36-13-15-56(22-34(36)46)19-26-7-9-28(10-8-26)59-23-35(40(54-59)42(47)48)50-45(62)33-18-49-58-16-14-37(51-43(33)58)57-20-29(21-57)65-30-24-63-25-30/h2,4,6,14,16,18,23,26,28-30,32,34,36,42H,7-13,15,17,19-22,24-25H2,1H3,(H,50,62)(H,52,60,61)/t26-,28-,32?,34-,36+/m1/s1. The van der Waals surface area contributed by atoms with Gasteiger partial charge in [0.05, 0.1) is 66.0 Å². The van der Waals surface area contributed by atoms with Gasteiger partial charge in [-0.05, 0) is 56.6 Å². The highest BCUT2D eigenvalue weighted by Gasteiger charge is 2.36. The van der Waals surface area contributed by atoms with Crippen LogP contribution in [0.1, 0.15) is 90.6 Å². The normalized spacial score (nSPS) is 24.5. The van der Waals surface area contributed by atoms with Gasteiger partial charge in [-0.2, -0.15) is 15.3 Å². The van der Waals surface area contributed by atoms with E-state index in [1.54, 1.807) is 22.6 Å². The summed E-state index contributed by atoms with van der Waals surface area (Å²) >= 11 is 0. The minimum Gasteiger partial charge on any atom is -0.376 e. The second-order valence-corrected chi connectivity index (χ2v) is 17.7. The van der Waals surface area contributed by atoms with Crippen LogP contribution in [0.5, 0.6) is 0 Å². The van der Waals surface area contributed by atoms with Gasteiger partial charge in [0, 0.05) is 64.0 Å². The molecule has 0 bridgehead atoms. The molecule has 3 atom stereocenters. The highest BCUT2D eigenvalue weighted by molar-refractivity contribution is 6.08. The lowest BCUT2D eigenvalue weighted by Gasteiger charge is -2.42. The number of rotatable bonds is 12. The Labute approximate surface area is 371 Å². The van der Waals surface area contributed by atoms with Crippen LogP contribution in [-0.2, 0) is 30.8 Å². The number of nitrogens with one attached hydrogen (secondary N) is 2. The van der Waals surface area contributed by atoms with Gasteiger partial charge in [0.1, 0.15) is 30.3 Å². The number of amides is 3. The van der Waals surface area contributed by atoms with E-state index in [1.807, 2.05) is 29.2 Å². The molecule has 2 N–H and O–H groups in total. The Morgan fingerprint density at radius 1 is 1.05 bits per heavy atom. The number of halogens is 3. The molecule has 342 valence electrons. The zero-order valence-electron chi connectivity index (χ0n) is 35.9. The van der Waals surface area contributed by atoms with Gasteiger partial charge in [-0.25, -0.2) is 22.7 Å². The number of imide groups is 1. The first-order valence-electron chi connectivity index (χ1n) is 22.3. The Bertz CT molecular complexity index is 2660. The quantitative estimate of drug-likeness (QED) is 0.134. The number of fused-ring (bicyclic) bond motifs is 2. The average molecular weight is 898 g/mol. The third-order valence-corrected chi connectivity index (χ3v) is 13.3. The van der Waals surface area contributed by atoms with E-state index < -0.39 is 36.2 Å². The molecule has 1 aliphatic carbocycles. The number of likely N-dealkylation sites (tertiary alicyclic amines) is 1. The number of carbonyl (C=O) groups is 3. The number of ether oxygens (including phenoxy) is 3.